The van der Waals surface area contributed by atoms with Gasteiger partial charge in [0.25, 0.3) is 5.69 Å². The van der Waals surface area contributed by atoms with Crippen LogP contribution in [0.2, 0.25) is 0 Å². The molecule has 0 saturated carbocycles. The molecule has 3 N–H and O–H groups in total. The van der Waals surface area contributed by atoms with Crippen LogP contribution in [-0.4, -0.2) is 26.4 Å². The van der Waals surface area contributed by atoms with E-state index in [1.807, 2.05) is 28.8 Å². The zero-order valence-corrected chi connectivity index (χ0v) is 14.1. The minimum absolute atomic E-state index is 0.136. The Morgan fingerprint density at radius 2 is 1.93 bits per heavy atom. The summed E-state index contributed by atoms with van der Waals surface area (Å²) in [5.74, 6) is -0.387. The lowest BCUT2D eigenvalue weighted by Crippen LogP contribution is -2.44. The first-order valence-electron chi connectivity index (χ1n) is 8.03. The average Bonchev–Trinajstić information content (AvgIpc) is 3.08. The lowest BCUT2D eigenvalue weighted by atomic mass is 10.3. The molecule has 10 nitrogen and oxygen atoms in total. The Morgan fingerprint density at radius 3 is 2.74 bits per heavy atom. The van der Waals surface area contributed by atoms with Crippen LogP contribution in [0.15, 0.2) is 54.9 Å². The number of hydrazine groups is 1. The number of fused-ring (bicyclic) bond motifs is 1. The van der Waals surface area contributed by atoms with Gasteiger partial charge < -0.3 is 9.88 Å². The van der Waals surface area contributed by atoms with Crippen LogP contribution >= 0.6 is 0 Å². The lowest BCUT2D eigenvalue weighted by molar-refractivity contribution is -0.384. The van der Waals surface area contributed by atoms with Gasteiger partial charge in [-0.1, -0.05) is 18.2 Å². The summed E-state index contributed by atoms with van der Waals surface area (Å²) in [5.41, 5.74) is 6.33. The molecular weight excluding hydrogens is 352 g/mol. The minimum Gasteiger partial charge on any atom is -0.330 e. The maximum absolute atomic E-state index is 11.9. The summed E-state index contributed by atoms with van der Waals surface area (Å²) < 4.78 is 1.85. The number of non-ortho nitro benzene ring substituents is 1. The number of nitrogens with zero attached hydrogens (tertiary/aromatic N) is 3. The van der Waals surface area contributed by atoms with E-state index in [0.29, 0.717) is 6.54 Å². The van der Waals surface area contributed by atoms with Gasteiger partial charge in [0.15, 0.2) is 0 Å². The molecule has 0 saturated heterocycles. The van der Waals surface area contributed by atoms with Crippen molar-refractivity contribution in [3.63, 3.8) is 0 Å². The van der Waals surface area contributed by atoms with Crippen LogP contribution in [0.3, 0.4) is 0 Å². The van der Waals surface area contributed by atoms with E-state index < -0.39 is 11.0 Å². The van der Waals surface area contributed by atoms with E-state index in [0.717, 1.165) is 11.0 Å². The molecule has 0 unspecified atom stereocenters. The van der Waals surface area contributed by atoms with E-state index in [1.165, 1.54) is 24.3 Å². The number of aromatic nitrogens is 2. The van der Waals surface area contributed by atoms with Crippen molar-refractivity contribution in [3.05, 3.63) is 65.0 Å². The summed E-state index contributed by atoms with van der Waals surface area (Å²) in [6, 6.07) is 12.3. The Hall–Kier alpha value is -3.95. The molecule has 27 heavy (non-hydrogen) atoms. The van der Waals surface area contributed by atoms with Crippen LogP contribution in [0.25, 0.3) is 11.0 Å². The van der Waals surface area contributed by atoms with Gasteiger partial charge in [-0.2, -0.15) is 0 Å². The number of nitrogens with one attached hydrogen (secondary N) is 3. The molecule has 1 heterocycles. The molecule has 0 atom stereocenters. The van der Waals surface area contributed by atoms with Crippen molar-refractivity contribution in [3.8, 4) is 0 Å². The highest BCUT2D eigenvalue weighted by molar-refractivity contribution is 5.91. The van der Waals surface area contributed by atoms with E-state index in [-0.39, 0.29) is 23.7 Å². The molecule has 0 fully saturated rings. The number of carbonyl (C=O) groups excluding carboxylic acids is 2. The molecule has 0 aliphatic carbocycles. The highest BCUT2D eigenvalue weighted by Crippen LogP contribution is 2.16. The number of hydrogen-bond donors (Lipinski definition) is 3. The Kier molecular flexibility index (Phi) is 5.26. The zero-order chi connectivity index (χ0) is 19.2. The van der Waals surface area contributed by atoms with Crippen LogP contribution in [0.5, 0.6) is 0 Å². The molecule has 0 radical (unpaired) electrons. The van der Waals surface area contributed by atoms with E-state index in [1.54, 1.807) is 6.33 Å². The first-order valence-corrected chi connectivity index (χ1v) is 8.03. The third kappa shape index (κ3) is 4.57. The van der Waals surface area contributed by atoms with Gasteiger partial charge in [-0.05, 0) is 18.2 Å². The van der Waals surface area contributed by atoms with Gasteiger partial charge in [0, 0.05) is 30.8 Å². The number of hydrogen-bond acceptors (Lipinski definition) is 5. The predicted octanol–water partition coefficient (Wildman–Crippen LogP) is 2.19. The third-order valence-corrected chi connectivity index (χ3v) is 3.74. The summed E-state index contributed by atoms with van der Waals surface area (Å²) in [6.45, 7) is 0.403. The summed E-state index contributed by atoms with van der Waals surface area (Å²) >= 11 is 0. The molecule has 0 spiro atoms. The number of amides is 3. The van der Waals surface area contributed by atoms with Crippen LogP contribution in [-0.2, 0) is 11.3 Å². The molecule has 0 aliphatic heterocycles. The molecule has 0 bridgehead atoms. The number of nitro benzene ring substituents is 1. The first kappa shape index (κ1) is 17.9. The number of nitro groups is 1. The molecule has 2 aromatic carbocycles. The monoisotopic (exact) mass is 368 g/mol. The third-order valence-electron chi connectivity index (χ3n) is 3.74. The van der Waals surface area contributed by atoms with Gasteiger partial charge >= 0.3 is 6.03 Å². The quantitative estimate of drug-likeness (QED) is 0.469. The molecule has 138 valence electrons. The fraction of sp³-hybridized carbons (Fsp3) is 0.118. The van der Waals surface area contributed by atoms with Crippen LogP contribution in [0, 0.1) is 10.1 Å². The van der Waals surface area contributed by atoms with Gasteiger partial charge in [-0.3, -0.25) is 20.3 Å². The van der Waals surface area contributed by atoms with Crippen molar-refractivity contribution in [2.24, 2.45) is 0 Å². The molecule has 0 aliphatic rings. The summed E-state index contributed by atoms with van der Waals surface area (Å²) in [4.78, 5) is 38.1. The Morgan fingerprint density at radius 1 is 1.11 bits per heavy atom. The van der Waals surface area contributed by atoms with Crippen molar-refractivity contribution in [2.75, 3.05) is 5.32 Å². The standard InChI is InChI=1S/C17H16N6O4/c24-16(8-9-22-11-18-14-6-1-2-7-15(14)22)20-21-17(25)19-12-4-3-5-13(10-12)23(26)27/h1-7,10-11H,8-9H2,(H,20,24)(H2,19,21,25). The van der Waals surface area contributed by atoms with Gasteiger partial charge in [0.1, 0.15) is 0 Å². The number of aryl methyl sites for hydroxylation is 1. The smallest absolute Gasteiger partial charge is 0.330 e. The number of anilines is 1. The summed E-state index contributed by atoms with van der Waals surface area (Å²) in [5, 5.41) is 13.1. The Labute approximate surface area is 153 Å². The Bertz CT molecular complexity index is 1000. The van der Waals surface area contributed by atoms with Gasteiger partial charge in [-0.25, -0.2) is 15.2 Å². The molecule has 3 aromatic rings. The van der Waals surface area contributed by atoms with Crippen molar-refractivity contribution >= 4 is 34.3 Å². The summed E-state index contributed by atoms with van der Waals surface area (Å²) in [7, 11) is 0. The van der Waals surface area contributed by atoms with E-state index in [4.69, 9.17) is 0 Å². The molecule has 3 rings (SSSR count). The normalized spacial score (nSPS) is 10.4. The topological polar surface area (TPSA) is 131 Å². The molecule has 3 amide bonds. The second kappa shape index (κ2) is 7.95. The number of para-hydroxylation sites is 2. The zero-order valence-electron chi connectivity index (χ0n) is 14.1. The average molecular weight is 368 g/mol. The number of benzene rings is 2. The lowest BCUT2D eigenvalue weighted by Gasteiger charge is -2.09. The fourth-order valence-corrected chi connectivity index (χ4v) is 2.46. The number of rotatable bonds is 5. The number of carbonyl (C=O) groups is 2. The molecule has 10 heteroatoms. The highest BCUT2D eigenvalue weighted by atomic mass is 16.6. The van der Waals surface area contributed by atoms with Crippen molar-refractivity contribution in [1.82, 2.24) is 20.4 Å². The van der Waals surface area contributed by atoms with Gasteiger partial charge in [0.2, 0.25) is 5.91 Å². The molecular formula is C17H16N6O4. The van der Waals surface area contributed by atoms with Gasteiger partial charge in [0.05, 0.1) is 22.3 Å². The second-order valence-corrected chi connectivity index (χ2v) is 5.61. The van der Waals surface area contributed by atoms with E-state index in [9.17, 15) is 19.7 Å². The number of urea groups is 1. The van der Waals surface area contributed by atoms with Crippen molar-refractivity contribution in [1.29, 1.82) is 0 Å². The van der Waals surface area contributed by atoms with Gasteiger partial charge in [-0.15, -0.1) is 0 Å². The van der Waals surface area contributed by atoms with Crippen molar-refractivity contribution < 1.29 is 14.5 Å². The largest absolute Gasteiger partial charge is 0.337 e. The predicted molar refractivity (Wildman–Crippen MR) is 97.7 cm³/mol. The first-order chi connectivity index (χ1) is 13.0. The van der Waals surface area contributed by atoms with E-state index >= 15 is 0 Å². The molecule has 1 aromatic heterocycles. The van der Waals surface area contributed by atoms with Crippen molar-refractivity contribution in [2.45, 2.75) is 13.0 Å². The SMILES string of the molecule is O=C(CCn1cnc2ccccc21)NNC(=O)Nc1cccc([N+](=O)[O-])c1. The second-order valence-electron chi connectivity index (χ2n) is 5.61. The number of imidazole rings is 1. The van der Waals surface area contributed by atoms with Crippen LogP contribution in [0.4, 0.5) is 16.2 Å². The Balaban J connectivity index is 1.47. The maximum Gasteiger partial charge on any atom is 0.337 e. The highest BCUT2D eigenvalue weighted by Gasteiger charge is 2.09. The minimum atomic E-state index is -0.711. The van der Waals surface area contributed by atoms with Crippen LogP contribution in [0.1, 0.15) is 6.42 Å². The van der Waals surface area contributed by atoms with E-state index in [2.05, 4.69) is 21.2 Å². The summed E-state index contributed by atoms with van der Waals surface area (Å²) in [6.07, 6.45) is 1.79. The van der Waals surface area contributed by atoms with Crippen LogP contribution < -0.4 is 16.2 Å². The fourth-order valence-electron chi connectivity index (χ4n) is 2.46. The maximum atomic E-state index is 11.9.